The fourth-order valence-corrected chi connectivity index (χ4v) is 3.50. The molecule has 0 aliphatic carbocycles. The van der Waals surface area contributed by atoms with Crippen LogP contribution in [0.3, 0.4) is 0 Å². The number of carbonyl (C=O) groups is 2. The molecular formula is C22H21F2NO3. The lowest BCUT2D eigenvalue weighted by Crippen LogP contribution is -2.38. The molecule has 0 N–H and O–H groups in total. The van der Waals surface area contributed by atoms with E-state index in [0.717, 1.165) is 0 Å². The summed E-state index contributed by atoms with van der Waals surface area (Å²) in [5.74, 6) is -2.57. The molecule has 28 heavy (non-hydrogen) atoms. The molecule has 2 aromatic carbocycles. The fraction of sp³-hybridized carbons (Fsp3) is 0.273. The second-order valence-electron chi connectivity index (χ2n) is 6.57. The van der Waals surface area contributed by atoms with Gasteiger partial charge in [-0.15, -0.1) is 0 Å². The number of halogens is 2. The van der Waals surface area contributed by atoms with Gasteiger partial charge in [-0.05, 0) is 31.5 Å². The monoisotopic (exact) mass is 385 g/mol. The number of hydrogen-bond acceptors (Lipinski definition) is 3. The molecule has 4 nitrogen and oxygen atoms in total. The predicted octanol–water partition coefficient (Wildman–Crippen LogP) is 4.32. The van der Waals surface area contributed by atoms with E-state index in [2.05, 4.69) is 0 Å². The number of esters is 1. The van der Waals surface area contributed by atoms with Gasteiger partial charge in [-0.25, -0.2) is 13.6 Å². The highest BCUT2D eigenvalue weighted by atomic mass is 19.1. The maximum atomic E-state index is 14.4. The molecule has 2 aromatic rings. The molecular weight excluding hydrogens is 364 g/mol. The number of rotatable bonds is 5. The van der Waals surface area contributed by atoms with Crippen molar-refractivity contribution in [2.45, 2.75) is 32.7 Å². The van der Waals surface area contributed by atoms with Crippen molar-refractivity contribution in [3.05, 3.63) is 82.6 Å². The maximum Gasteiger partial charge on any atom is 0.336 e. The summed E-state index contributed by atoms with van der Waals surface area (Å²) in [6, 6.07) is 12.2. The number of carbonyl (C=O) groups excluding carboxylic acids is 2. The molecule has 0 saturated heterocycles. The van der Waals surface area contributed by atoms with Crippen LogP contribution in [0.4, 0.5) is 8.78 Å². The highest BCUT2D eigenvalue weighted by molar-refractivity contribution is 5.95. The minimum Gasteiger partial charge on any atom is -0.463 e. The summed E-state index contributed by atoms with van der Waals surface area (Å²) in [7, 11) is 0. The first-order valence-electron chi connectivity index (χ1n) is 9.10. The van der Waals surface area contributed by atoms with Gasteiger partial charge in [-0.1, -0.05) is 36.4 Å². The maximum absolute atomic E-state index is 14.4. The van der Waals surface area contributed by atoms with E-state index in [9.17, 15) is 18.4 Å². The van der Waals surface area contributed by atoms with Crippen LogP contribution in [-0.2, 0) is 20.9 Å². The highest BCUT2D eigenvalue weighted by Crippen LogP contribution is 2.38. The van der Waals surface area contributed by atoms with E-state index >= 15 is 0 Å². The fourth-order valence-electron chi connectivity index (χ4n) is 3.50. The van der Waals surface area contributed by atoms with E-state index in [1.165, 1.54) is 17.0 Å². The third-order valence-corrected chi connectivity index (χ3v) is 4.89. The Labute approximate surface area is 162 Å². The summed E-state index contributed by atoms with van der Waals surface area (Å²) >= 11 is 0. The first kappa shape index (κ1) is 19.7. The molecule has 0 aromatic heterocycles. The number of hydrogen-bond donors (Lipinski definition) is 0. The van der Waals surface area contributed by atoms with Gasteiger partial charge in [0.1, 0.15) is 11.6 Å². The van der Waals surface area contributed by atoms with Gasteiger partial charge < -0.3 is 9.64 Å². The molecule has 1 atom stereocenters. The summed E-state index contributed by atoms with van der Waals surface area (Å²) in [4.78, 5) is 26.9. The Kier molecular flexibility index (Phi) is 5.87. The van der Waals surface area contributed by atoms with Gasteiger partial charge in [0.15, 0.2) is 0 Å². The van der Waals surface area contributed by atoms with Crippen LogP contribution in [0.5, 0.6) is 0 Å². The van der Waals surface area contributed by atoms with E-state index in [1.807, 2.05) is 0 Å². The molecule has 0 bridgehead atoms. The lowest BCUT2D eigenvalue weighted by atomic mass is 9.83. The van der Waals surface area contributed by atoms with Gasteiger partial charge >= 0.3 is 5.97 Å². The first-order valence-corrected chi connectivity index (χ1v) is 9.10. The molecule has 1 aliphatic heterocycles. The van der Waals surface area contributed by atoms with E-state index in [0.29, 0.717) is 11.3 Å². The van der Waals surface area contributed by atoms with Gasteiger partial charge in [-0.3, -0.25) is 4.79 Å². The molecule has 0 fully saturated rings. The van der Waals surface area contributed by atoms with E-state index in [1.54, 1.807) is 50.2 Å². The molecule has 1 amide bonds. The van der Waals surface area contributed by atoms with Crippen molar-refractivity contribution in [1.29, 1.82) is 0 Å². The number of benzene rings is 2. The Morgan fingerprint density at radius 3 is 2.39 bits per heavy atom. The van der Waals surface area contributed by atoms with Gasteiger partial charge in [0.05, 0.1) is 18.7 Å². The van der Waals surface area contributed by atoms with Crippen molar-refractivity contribution in [2.75, 3.05) is 6.61 Å². The quantitative estimate of drug-likeness (QED) is 0.721. The number of amides is 1. The second kappa shape index (κ2) is 8.33. The predicted molar refractivity (Wildman–Crippen MR) is 100 cm³/mol. The molecule has 146 valence electrons. The van der Waals surface area contributed by atoms with E-state index < -0.39 is 23.5 Å². The first-order chi connectivity index (χ1) is 13.4. The molecule has 1 aliphatic rings. The summed E-state index contributed by atoms with van der Waals surface area (Å²) < 4.78 is 33.6. The SMILES string of the molecule is CCOC(=O)C1=C(C)N(Cc2ccccc2F)C(=O)CC1c1ccccc1F. The van der Waals surface area contributed by atoms with E-state index in [4.69, 9.17) is 4.74 Å². The Morgan fingerprint density at radius 2 is 1.75 bits per heavy atom. The van der Waals surface area contributed by atoms with Crippen molar-refractivity contribution in [3.8, 4) is 0 Å². The topological polar surface area (TPSA) is 46.6 Å². The zero-order valence-electron chi connectivity index (χ0n) is 15.7. The average Bonchev–Trinajstić information content (AvgIpc) is 2.66. The third-order valence-electron chi connectivity index (χ3n) is 4.89. The smallest absolute Gasteiger partial charge is 0.336 e. The lowest BCUT2D eigenvalue weighted by Gasteiger charge is -2.34. The zero-order valence-corrected chi connectivity index (χ0v) is 15.7. The van der Waals surface area contributed by atoms with Crippen LogP contribution in [0.25, 0.3) is 0 Å². The second-order valence-corrected chi connectivity index (χ2v) is 6.57. The van der Waals surface area contributed by atoms with Gasteiger partial charge in [0.25, 0.3) is 0 Å². The van der Waals surface area contributed by atoms with Crippen molar-refractivity contribution < 1.29 is 23.1 Å². The molecule has 1 heterocycles. The van der Waals surface area contributed by atoms with E-state index in [-0.39, 0.29) is 36.6 Å². The Morgan fingerprint density at radius 1 is 1.11 bits per heavy atom. The van der Waals surface area contributed by atoms with Gasteiger partial charge in [0, 0.05) is 23.6 Å². The van der Waals surface area contributed by atoms with Crippen LogP contribution in [0, 0.1) is 11.6 Å². The average molecular weight is 385 g/mol. The molecule has 6 heteroatoms. The van der Waals surface area contributed by atoms with Crippen LogP contribution < -0.4 is 0 Å². The number of ether oxygens (including phenoxy) is 1. The van der Waals surface area contributed by atoms with Crippen LogP contribution in [0.2, 0.25) is 0 Å². The third kappa shape index (κ3) is 3.81. The summed E-state index contributed by atoms with van der Waals surface area (Å²) in [5.41, 5.74) is 1.18. The standard InChI is InChI=1S/C22H21F2NO3/c1-3-28-22(27)21-14(2)25(13-15-8-4-6-10-18(15)23)20(26)12-17(21)16-9-5-7-11-19(16)24/h4-11,17H,3,12-13H2,1-2H3. The van der Waals surface area contributed by atoms with Crippen molar-refractivity contribution in [2.24, 2.45) is 0 Å². The van der Waals surface area contributed by atoms with Crippen molar-refractivity contribution in [1.82, 2.24) is 4.90 Å². The van der Waals surface area contributed by atoms with Crippen LogP contribution >= 0.6 is 0 Å². The normalized spacial score (nSPS) is 17.1. The summed E-state index contributed by atoms with van der Waals surface area (Å²) in [6.07, 6.45) is -0.0964. The van der Waals surface area contributed by atoms with Crippen LogP contribution in [-0.4, -0.2) is 23.4 Å². The minimum atomic E-state index is -0.746. The Bertz CT molecular complexity index is 939. The summed E-state index contributed by atoms with van der Waals surface area (Å²) in [5, 5.41) is 0. The molecule has 0 saturated carbocycles. The number of allylic oxidation sites excluding steroid dienone is 1. The van der Waals surface area contributed by atoms with Crippen molar-refractivity contribution in [3.63, 3.8) is 0 Å². The molecule has 0 spiro atoms. The zero-order chi connectivity index (χ0) is 20.3. The highest BCUT2D eigenvalue weighted by Gasteiger charge is 2.38. The molecule has 3 rings (SSSR count). The van der Waals surface area contributed by atoms with Crippen molar-refractivity contribution >= 4 is 11.9 Å². The van der Waals surface area contributed by atoms with Gasteiger partial charge in [0.2, 0.25) is 5.91 Å². The van der Waals surface area contributed by atoms with Gasteiger partial charge in [-0.2, -0.15) is 0 Å². The van der Waals surface area contributed by atoms with Crippen LogP contribution in [0.1, 0.15) is 37.3 Å². The number of nitrogens with zero attached hydrogens (tertiary/aromatic N) is 1. The Hall–Kier alpha value is -3.02. The largest absolute Gasteiger partial charge is 0.463 e. The lowest BCUT2D eigenvalue weighted by molar-refractivity contribution is -0.140. The summed E-state index contributed by atoms with van der Waals surface area (Å²) in [6.45, 7) is 3.43. The Balaban J connectivity index is 2.07. The molecule has 0 radical (unpaired) electrons. The van der Waals surface area contributed by atoms with Crippen LogP contribution in [0.15, 0.2) is 59.8 Å². The minimum absolute atomic E-state index is 0.00969. The molecule has 1 unspecified atom stereocenters.